The van der Waals surface area contributed by atoms with Crippen molar-refractivity contribution in [2.24, 2.45) is 0 Å². The Kier molecular flexibility index (Phi) is 17.4. The van der Waals surface area contributed by atoms with Crippen molar-refractivity contribution in [3.05, 3.63) is 217 Å². The summed E-state index contributed by atoms with van der Waals surface area (Å²) in [5, 5.41) is 25.5. The molecule has 0 radical (unpaired) electrons. The van der Waals surface area contributed by atoms with Crippen molar-refractivity contribution in [1.82, 2.24) is 0 Å². The Morgan fingerprint density at radius 3 is 0.731 bits per heavy atom. The van der Waals surface area contributed by atoms with Gasteiger partial charge in [0.1, 0.15) is 31.8 Å². The molecule has 0 spiro atoms. The van der Waals surface area contributed by atoms with Gasteiger partial charge in [0.25, 0.3) is 11.9 Å². The fourth-order valence-corrected chi connectivity index (χ4v) is 10.5. The summed E-state index contributed by atoms with van der Waals surface area (Å²) >= 11 is 5.35. The second kappa shape index (κ2) is 22.4. The standard InChI is InChI=1S/2C18H15P.C8H5O4.BrH.Pd/c2*1-4-10-16(11-5-1)19(17-12-6-2-7-13-17)18-14-8-3-9-15-18;9-7(10)5-2-1-3-6(4-5)8(11)12;;/h2*1-15H;1-3H,(H,9,10)(H,11,12);1H;/q;;-1;;+2/p+1. The molecule has 0 fully saturated rings. The Morgan fingerprint density at radius 2 is 0.558 bits per heavy atom. The molecule has 0 atom stereocenters. The van der Waals surface area contributed by atoms with Gasteiger partial charge in [-0.1, -0.05) is 109 Å². The van der Waals surface area contributed by atoms with Crippen molar-refractivity contribution < 1.29 is 37.0 Å². The molecule has 2 N–H and O–H groups in total. The molecule has 0 aromatic heterocycles. The van der Waals surface area contributed by atoms with Gasteiger partial charge in [0.15, 0.2) is 0 Å². The van der Waals surface area contributed by atoms with E-state index in [1.807, 2.05) is 0 Å². The van der Waals surface area contributed by atoms with Crippen molar-refractivity contribution >= 4 is 73.0 Å². The van der Waals surface area contributed by atoms with Gasteiger partial charge in [-0.05, 0) is 83.9 Å². The second-order valence-electron chi connectivity index (χ2n) is 11.0. The van der Waals surface area contributed by atoms with Crippen LogP contribution in [0.15, 0.2) is 200 Å². The van der Waals surface area contributed by atoms with E-state index in [1.54, 1.807) is 0 Å². The van der Waals surface area contributed by atoms with E-state index in [1.165, 1.54) is 50.0 Å². The van der Waals surface area contributed by atoms with Crippen LogP contribution >= 0.6 is 29.3 Å². The van der Waals surface area contributed by atoms with Crippen LogP contribution in [0.5, 0.6) is 0 Å². The topological polar surface area (TPSA) is 74.6 Å². The number of benzene rings is 7. The third-order valence-corrected chi connectivity index (χ3v) is 13.1. The summed E-state index contributed by atoms with van der Waals surface area (Å²) in [6.45, 7) is 0. The number of halogens is 1. The maximum absolute atomic E-state index is 10.4. The Morgan fingerprint density at radius 1 is 0.365 bits per heavy atom. The third kappa shape index (κ3) is 12.3. The number of carbonyl (C=O) groups is 2. The molecular weight excluding hydrogens is 841 g/mol. The smallest absolute Gasteiger partial charge is 0.0620 e. The van der Waals surface area contributed by atoms with Gasteiger partial charge in [0, 0.05) is 0 Å². The molecule has 0 saturated carbocycles. The Hall–Kier alpha value is -4.52. The van der Waals surface area contributed by atoms with Crippen LogP contribution in [0.25, 0.3) is 0 Å². The number of aromatic carboxylic acids is 2. The molecule has 0 heterocycles. The van der Waals surface area contributed by atoms with Crippen LogP contribution in [0.3, 0.4) is 0 Å². The SMILES string of the molecule is O=C(O)c1[c-]c(C(=O)O)ccc1.[Br][Pd+].c1ccc([PH+](c2ccccc2)c2ccccc2)cc1.c1ccc([PH+](c2ccccc2)c2ccccc2)cc1. The summed E-state index contributed by atoms with van der Waals surface area (Å²) in [7, 11) is -1.75. The van der Waals surface area contributed by atoms with E-state index in [9.17, 15) is 9.59 Å². The monoisotopic (exact) mass is 876 g/mol. The molecule has 7 aromatic rings. The summed E-state index contributed by atoms with van der Waals surface area (Å²) in [6, 6.07) is 71.2. The van der Waals surface area contributed by atoms with Crippen LogP contribution in [-0.4, -0.2) is 22.2 Å². The zero-order chi connectivity index (χ0) is 37.0. The predicted molar refractivity (Wildman–Crippen MR) is 221 cm³/mol. The maximum Gasteiger partial charge on any atom is 0.102 e. The molecule has 7 aromatic carbocycles. The van der Waals surface area contributed by atoms with E-state index in [0.717, 1.165) is 0 Å². The molecule has 7 rings (SSSR count). The molecule has 0 aliphatic carbocycles. The van der Waals surface area contributed by atoms with Gasteiger partial charge in [-0.25, -0.2) is 0 Å². The Balaban J connectivity index is 0.000000175. The molecule has 0 saturated heterocycles. The maximum atomic E-state index is 10.4. The molecular formula is C44H37BrO4P2Pd+2. The second-order valence-corrected chi connectivity index (χ2v) is 16.0. The average molecular weight is 878 g/mol. The molecule has 4 nitrogen and oxygen atoms in total. The largest absolute Gasteiger partial charge is 0.102 e. The number of carboxylic acids is 2. The van der Waals surface area contributed by atoms with E-state index in [4.69, 9.17) is 10.2 Å². The molecule has 52 heavy (non-hydrogen) atoms. The summed E-state index contributed by atoms with van der Waals surface area (Å²) in [6.07, 6.45) is 0. The van der Waals surface area contributed by atoms with Crippen molar-refractivity contribution in [2.45, 2.75) is 0 Å². The zero-order valence-corrected chi connectivity index (χ0v) is 33.1. The van der Waals surface area contributed by atoms with Crippen molar-refractivity contribution in [3.8, 4) is 0 Å². The molecule has 0 aliphatic rings. The first kappa shape index (κ1) is 40.3. The van der Waals surface area contributed by atoms with E-state index >= 15 is 0 Å². The van der Waals surface area contributed by atoms with Crippen LogP contribution in [0, 0.1) is 6.07 Å². The minimum Gasteiger partial charge on any atom is -0.0620 e. The first-order chi connectivity index (χ1) is 25.5. The molecule has 0 unspecified atom stereocenters. The minimum absolute atomic E-state index is 0.144. The fourth-order valence-electron chi connectivity index (χ4n) is 5.35. The van der Waals surface area contributed by atoms with Crippen LogP contribution in [0.4, 0.5) is 0 Å². The normalized spacial score (nSPS) is 10.0. The Bertz CT molecular complexity index is 1720. The van der Waals surface area contributed by atoms with Gasteiger partial charge < -0.3 is 10.2 Å². The summed E-state index contributed by atoms with van der Waals surface area (Å²) < 4.78 is 0. The van der Waals surface area contributed by atoms with Crippen molar-refractivity contribution in [3.63, 3.8) is 0 Å². The number of rotatable bonds is 8. The van der Waals surface area contributed by atoms with Gasteiger partial charge in [0.05, 0.1) is 15.8 Å². The number of carboxylic acid groups (broad SMARTS) is 2. The minimum atomic E-state index is -1.18. The molecule has 8 heteroatoms. The predicted octanol–water partition coefficient (Wildman–Crippen LogP) is 8.08. The van der Waals surface area contributed by atoms with Gasteiger partial charge >= 0.3 is 30.6 Å². The van der Waals surface area contributed by atoms with Crippen molar-refractivity contribution in [1.29, 1.82) is 0 Å². The van der Waals surface area contributed by atoms with Gasteiger partial charge in [-0.15, -0.1) is 24.3 Å². The molecule has 0 bridgehead atoms. The van der Waals surface area contributed by atoms with Crippen LogP contribution in [0.1, 0.15) is 20.7 Å². The molecule has 0 aliphatic heterocycles. The fraction of sp³-hybridized carbons (Fsp3) is 0. The van der Waals surface area contributed by atoms with Gasteiger partial charge in [-0.2, -0.15) is 0 Å². The van der Waals surface area contributed by atoms with E-state index in [0.29, 0.717) is 0 Å². The van der Waals surface area contributed by atoms with E-state index in [-0.39, 0.29) is 11.1 Å². The number of hydrogen-bond donors (Lipinski definition) is 2. The Labute approximate surface area is 325 Å². The first-order valence-electron chi connectivity index (χ1n) is 16.2. The molecule has 0 amide bonds. The number of hydrogen-bond acceptors (Lipinski definition) is 2. The van der Waals surface area contributed by atoms with Gasteiger partial charge in [0.2, 0.25) is 0 Å². The molecule has 262 valence electrons. The summed E-state index contributed by atoms with van der Waals surface area (Å²) in [5.41, 5.74) is -0.287. The summed E-state index contributed by atoms with van der Waals surface area (Å²) in [4.78, 5) is 20.7. The quantitative estimate of drug-likeness (QED) is 0.0921. The van der Waals surface area contributed by atoms with Crippen LogP contribution in [0.2, 0.25) is 0 Å². The van der Waals surface area contributed by atoms with E-state index < -0.39 is 27.8 Å². The zero-order valence-electron chi connectivity index (χ0n) is 28.0. The van der Waals surface area contributed by atoms with Crippen LogP contribution in [-0.2, 0) is 17.2 Å². The van der Waals surface area contributed by atoms with Crippen LogP contribution < -0.4 is 31.8 Å². The third-order valence-electron chi connectivity index (χ3n) is 7.63. The van der Waals surface area contributed by atoms with Crippen molar-refractivity contribution in [2.75, 3.05) is 0 Å². The van der Waals surface area contributed by atoms with Gasteiger partial charge in [-0.3, -0.25) is 9.59 Å². The summed E-state index contributed by atoms with van der Waals surface area (Å²) in [5.74, 6) is -2.36. The average Bonchev–Trinajstić information content (AvgIpc) is 3.22. The van der Waals surface area contributed by atoms with E-state index in [2.05, 4.69) is 219 Å². The first-order valence-corrected chi connectivity index (χ1v) is 22.7.